The van der Waals surface area contributed by atoms with Crippen molar-refractivity contribution in [3.63, 3.8) is 0 Å². The van der Waals surface area contributed by atoms with E-state index in [4.69, 9.17) is 4.42 Å². The van der Waals surface area contributed by atoms with E-state index >= 15 is 0 Å². The number of benzene rings is 8. The lowest BCUT2D eigenvalue weighted by Gasteiger charge is -2.30. The third-order valence-corrected chi connectivity index (χ3v) is 12.6. The van der Waals surface area contributed by atoms with Crippen molar-refractivity contribution in [2.24, 2.45) is 0 Å². The van der Waals surface area contributed by atoms with Crippen LogP contribution in [0.1, 0.15) is 0 Å². The monoisotopic (exact) mass is 699 g/mol. The zero-order chi connectivity index (χ0) is 34.2. The van der Waals surface area contributed by atoms with Crippen LogP contribution in [0.25, 0.3) is 84.5 Å². The Balaban J connectivity index is 1.30. The van der Waals surface area contributed by atoms with Gasteiger partial charge < -0.3 is 9.32 Å². The minimum absolute atomic E-state index is 0.874. The van der Waals surface area contributed by atoms with Crippen molar-refractivity contribution in [1.82, 2.24) is 0 Å². The Bertz CT molecular complexity index is 3130. The maximum atomic E-state index is 6.62. The van der Waals surface area contributed by atoms with Gasteiger partial charge in [0.1, 0.15) is 11.2 Å². The van der Waals surface area contributed by atoms with Gasteiger partial charge in [0, 0.05) is 46.6 Å². The highest BCUT2D eigenvalue weighted by molar-refractivity contribution is 7.26. The van der Waals surface area contributed by atoms with Crippen LogP contribution in [-0.4, -0.2) is 0 Å². The van der Waals surface area contributed by atoms with Gasteiger partial charge >= 0.3 is 0 Å². The summed E-state index contributed by atoms with van der Waals surface area (Å²) >= 11 is 3.73. The molecule has 0 bridgehead atoms. The predicted molar refractivity (Wildman–Crippen MR) is 225 cm³/mol. The van der Waals surface area contributed by atoms with E-state index in [0.717, 1.165) is 50.1 Å². The van der Waals surface area contributed by atoms with Gasteiger partial charge in [-0.1, -0.05) is 127 Å². The molecule has 0 radical (unpaired) electrons. The molecule has 3 heterocycles. The van der Waals surface area contributed by atoms with Gasteiger partial charge in [0.15, 0.2) is 0 Å². The summed E-state index contributed by atoms with van der Waals surface area (Å²) in [7, 11) is 0. The number of para-hydroxylation sites is 1. The van der Waals surface area contributed by atoms with Gasteiger partial charge in [0.05, 0.1) is 27.1 Å². The molecule has 0 aliphatic heterocycles. The molecule has 0 unspecified atom stereocenters. The van der Waals surface area contributed by atoms with Crippen LogP contribution in [-0.2, 0) is 0 Å². The molecule has 52 heavy (non-hydrogen) atoms. The van der Waals surface area contributed by atoms with Crippen molar-refractivity contribution in [2.45, 2.75) is 0 Å². The summed E-state index contributed by atoms with van der Waals surface area (Å²) in [5.74, 6) is 0. The van der Waals surface area contributed by atoms with Crippen LogP contribution in [0.3, 0.4) is 0 Å². The summed E-state index contributed by atoms with van der Waals surface area (Å²) in [5.41, 5.74) is 9.95. The maximum absolute atomic E-state index is 6.62. The summed E-state index contributed by atoms with van der Waals surface area (Å²) in [6, 6.07) is 63.6. The van der Waals surface area contributed by atoms with Crippen LogP contribution in [0.5, 0.6) is 0 Å². The second kappa shape index (κ2) is 11.7. The molecule has 0 aliphatic carbocycles. The van der Waals surface area contributed by atoms with Gasteiger partial charge in [-0.25, -0.2) is 0 Å². The van der Waals surface area contributed by atoms with Gasteiger partial charge in [-0.3, -0.25) is 0 Å². The first kappa shape index (κ1) is 29.5. The zero-order valence-corrected chi connectivity index (χ0v) is 29.5. The highest BCUT2D eigenvalue weighted by atomic mass is 32.1. The standard InChI is InChI=1S/C48H29NOS2/c1-3-13-30(14-4-1)32-25-26-37-44(29-32)51-43-24-12-20-38(45(37)43)49(39-21-11-19-35-34-17-8-10-23-42(34)52-48(35)39)47-33(31-15-5-2-6-16-31)27-28-41-46(47)36-18-7-9-22-40(36)50-41/h1-29H. The van der Waals surface area contributed by atoms with E-state index < -0.39 is 0 Å². The molecule has 0 atom stereocenters. The fourth-order valence-corrected chi connectivity index (χ4v) is 10.3. The van der Waals surface area contributed by atoms with E-state index in [1.807, 2.05) is 22.7 Å². The van der Waals surface area contributed by atoms with Gasteiger partial charge in [0.25, 0.3) is 0 Å². The molecule has 11 rings (SSSR count). The molecule has 0 amide bonds. The molecule has 0 spiro atoms. The Labute approximate surface area is 308 Å². The normalized spacial score (nSPS) is 11.8. The first-order valence-corrected chi connectivity index (χ1v) is 19.1. The molecule has 0 saturated heterocycles. The lowest BCUT2D eigenvalue weighted by Crippen LogP contribution is -2.12. The number of anilines is 3. The quantitative estimate of drug-likeness (QED) is 0.178. The van der Waals surface area contributed by atoms with Crippen LogP contribution in [0.2, 0.25) is 0 Å². The van der Waals surface area contributed by atoms with Crippen LogP contribution >= 0.6 is 22.7 Å². The SMILES string of the molecule is c1ccc(-c2ccc3c(c2)sc2cccc(N(c4cccc5c4sc4ccccc45)c4c(-c5ccccc5)ccc5oc6ccccc6c45)c23)cc1. The average molecular weight is 700 g/mol. The maximum Gasteiger partial charge on any atom is 0.137 e. The molecule has 4 heteroatoms. The number of nitrogens with zero attached hydrogens (tertiary/aromatic N) is 1. The summed E-state index contributed by atoms with van der Waals surface area (Å²) in [5, 5.41) is 7.28. The predicted octanol–water partition coefficient (Wildman–Crippen LogP) is 15.1. The molecule has 3 aromatic heterocycles. The molecule has 0 saturated carbocycles. The third kappa shape index (κ3) is 4.48. The first-order chi connectivity index (χ1) is 25.8. The summed E-state index contributed by atoms with van der Waals surface area (Å²) in [4.78, 5) is 2.55. The Morgan fingerprint density at radius 1 is 0.385 bits per heavy atom. The molecular formula is C48H29NOS2. The van der Waals surface area contributed by atoms with Crippen molar-refractivity contribution in [3.05, 3.63) is 176 Å². The number of thiophene rings is 2. The molecular weight excluding hydrogens is 671 g/mol. The highest BCUT2D eigenvalue weighted by Gasteiger charge is 2.27. The second-order valence-corrected chi connectivity index (χ2v) is 15.4. The van der Waals surface area contributed by atoms with Gasteiger partial charge in [-0.15, -0.1) is 22.7 Å². The topological polar surface area (TPSA) is 16.4 Å². The fourth-order valence-electron chi connectivity index (χ4n) is 7.96. The molecule has 0 fully saturated rings. The number of rotatable bonds is 5. The van der Waals surface area contributed by atoms with E-state index in [-0.39, 0.29) is 0 Å². The molecule has 0 N–H and O–H groups in total. The van der Waals surface area contributed by atoms with Crippen LogP contribution in [0.4, 0.5) is 17.1 Å². The van der Waals surface area contributed by atoms with Gasteiger partial charge in [-0.05, 0) is 65.2 Å². The van der Waals surface area contributed by atoms with Crippen molar-refractivity contribution in [3.8, 4) is 22.3 Å². The van der Waals surface area contributed by atoms with E-state index in [1.165, 1.54) is 51.5 Å². The third-order valence-electron chi connectivity index (χ3n) is 10.3. The Morgan fingerprint density at radius 3 is 1.94 bits per heavy atom. The smallest absolute Gasteiger partial charge is 0.137 e. The molecule has 11 aromatic rings. The summed E-state index contributed by atoms with van der Waals surface area (Å²) in [6.45, 7) is 0. The van der Waals surface area contributed by atoms with Crippen molar-refractivity contribution in [1.29, 1.82) is 0 Å². The molecule has 0 aliphatic rings. The number of hydrogen-bond acceptors (Lipinski definition) is 4. The average Bonchev–Trinajstić information content (AvgIpc) is 3.90. The molecule has 244 valence electrons. The summed E-state index contributed by atoms with van der Waals surface area (Å²) < 4.78 is 11.7. The Morgan fingerprint density at radius 2 is 1.08 bits per heavy atom. The van der Waals surface area contributed by atoms with E-state index in [1.54, 1.807) is 0 Å². The van der Waals surface area contributed by atoms with E-state index in [9.17, 15) is 0 Å². The first-order valence-electron chi connectivity index (χ1n) is 17.5. The van der Waals surface area contributed by atoms with Crippen molar-refractivity contribution >= 4 is 102 Å². The molecule has 2 nitrogen and oxygen atoms in total. The number of furan rings is 1. The zero-order valence-electron chi connectivity index (χ0n) is 27.9. The lowest BCUT2D eigenvalue weighted by molar-refractivity contribution is 0.669. The summed E-state index contributed by atoms with van der Waals surface area (Å²) in [6.07, 6.45) is 0. The van der Waals surface area contributed by atoms with Crippen molar-refractivity contribution in [2.75, 3.05) is 4.90 Å². The highest BCUT2D eigenvalue weighted by Crippen LogP contribution is 2.54. The largest absolute Gasteiger partial charge is 0.456 e. The number of fused-ring (bicyclic) bond motifs is 9. The van der Waals surface area contributed by atoms with Crippen LogP contribution in [0.15, 0.2) is 180 Å². The molecule has 8 aromatic carbocycles. The van der Waals surface area contributed by atoms with Crippen LogP contribution < -0.4 is 4.90 Å². The van der Waals surface area contributed by atoms with Crippen LogP contribution in [0, 0.1) is 0 Å². The van der Waals surface area contributed by atoms with Crippen molar-refractivity contribution < 1.29 is 4.42 Å². The minimum atomic E-state index is 0.874. The Hall–Kier alpha value is -6.20. The van der Waals surface area contributed by atoms with Gasteiger partial charge in [0.2, 0.25) is 0 Å². The van der Waals surface area contributed by atoms with E-state index in [2.05, 4.69) is 181 Å². The minimum Gasteiger partial charge on any atom is -0.456 e. The Kier molecular flexibility index (Phi) is 6.63. The fraction of sp³-hybridized carbons (Fsp3) is 0. The van der Waals surface area contributed by atoms with E-state index in [0.29, 0.717) is 0 Å². The second-order valence-electron chi connectivity index (χ2n) is 13.2. The lowest BCUT2D eigenvalue weighted by atomic mass is 9.96. The number of hydrogen-bond donors (Lipinski definition) is 0. The van der Waals surface area contributed by atoms with Gasteiger partial charge in [-0.2, -0.15) is 0 Å².